The van der Waals surface area contributed by atoms with E-state index in [4.69, 9.17) is 4.74 Å². The number of benzene rings is 1. The van der Waals surface area contributed by atoms with Crippen LogP contribution in [0.1, 0.15) is 13.8 Å². The lowest BCUT2D eigenvalue weighted by Gasteiger charge is -2.15. The summed E-state index contributed by atoms with van der Waals surface area (Å²) in [4.78, 5) is 0. The van der Waals surface area contributed by atoms with E-state index in [9.17, 15) is 13.9 Å². The predicted molar refractivity (Wildman–Crippen MR) is 61.0 cm³/mol. The average Bonchev–Trinajstić information content (AvgIpc) is 2.25. The van der Waals surface area contributed by atoms with Gasteiger partial charge in [-0.25, -0.2) is 8.78 Å². The van der Waals surface area contributed by atoms with Crippen LogP contribution in [0.3, 0.4) is 0 Å². The number of ether oxygens (including phenoxy) is 1. The van der Waals surface area contributed by atoms with Gasteiger partial charge >= 0.3 is 0 Å². The first kappa shape index (κ1) is 13.9. The largest absolute Gasteiger partial charge is 0.488 e. The fraction of sp³-hybridized carbons (Fsp3) is 0.500. The minimum absolute atomic E-state index is 0.0394. The van der Waals surface area contributed by atoms with Crippen LogP contribution >= 0.6 is 0 Å². The summed E-state index contributed by atoms with van der Waals surface area (Å²) in [6, 6.07) is 3.31. The Labute approximate surface area is 99.4 Å². The molecule has 0 aliphatic rings. The molecular weight excluding hydrogens is 228 g/mol. The lowest BCUT2D eigenvalue weighted by Crippen LogP contribution is -2.35. The van der Waals surface area contributed by atoms with Crippen LogP contribution in [0.15, 0.2) is 18.2 Å². The van der Waals surface area contributed by atoms with Crippen molar-refractivity contribution in [1.82, 2.24) is 5.32 Å². The van der Waals surface area contributed by atoms with E-state index in [1.165, 1.54) is 6.07 Å². The number of rotatable bonds is 6. The number of halogens is 2. The Morgan fingerprint density at radius 3 is 2.65 bits per heavy atom. The molecule has 0 aromatic heterocycles. The minimum Gasteiger partial charge on any atom is -0.488 e. The maximum absolute atomic E-state index is 13.2. The number of aliphatic hydroxyl groups is 1. The van der Waals surface area contributed by atoms with Crippen LogP contribution < -0.4 is 10.1 Å². The molecule has 0 heterocycles. The predicted octanol–water partition coefficient (Wildman–Crippen LogP) is 1.70. The molecule has 0 fully saturated rings. The second-order valence-electron chi connectivity index (χ2n) is 4.10. The van der Waals surface area contributed by atoms with E-state index < -0.39 is 17.7 Å². The van der Waals surface area contributed by atoms with Gasteiger partial charge < -0.3 is 15.2 Å². The van der Waals surface area contributed by atoms with Gasteiger partial charge in [0.15, 0.2) is 11.6 Å². The van der Waals surface area contributed by atoms with E-state index in [2.05, 4.69) is 5.32 Å². The van der Waals surface area contributed by atoms with Crippen LogP contribution in [0.25, 0.3) is 0 Å². The summed E-state index contributed by atoms with van der Waals surface area (Å²) in [5, 5.41) is 12.5. The first-order valence-corrected chi connectivity index (χ1v) is 5.48. The highest BCUT2D eigenvalue weighted by Crippen LogP contribution is 2.17. The third-order valence-electron chi connectivity index (χ3n) is 2.09. The van der Waals surface area contributed by atoms with Crippen LogP contribution in [-0.4, -0.2) is 30.4 Å². The molecule has 0 saturated carbocycles. The second kappa shape index (κ2) is 6.51. The van der Waals surface area contributed by atoms with Crippen LogP contribution in [0.5, 0.6) is 5.75 Å². The normalized spacial score (nSPS) is 12.8. The number of hydrogen-bond acceptors (Lipinski definition) is 3. The molecule has 1 aromatic rings. The fourth-order valence-corrected chi connectivity index (χ4v) is 1.21. The van der Waals surface area contributed by atoms with E-state index in [-0.39, 0.29) is 18.4 Å². The van der Waals surface area contributed by atoms with E-state index in [0.29, 0.717) is 6.54 Å². The van der Waals surface area contributed by atoms with E-state index in [1.54, 1.807) is 0 Å². The topological polar surface area (TPSA) is 41.5 Å². The zero-order valence-electron chi connectivity index (χ0n) is 9.91. The van der Waals surface area contributed by atoms with Crippen molar-refractivity contribution in [2.75, 3.05) is 13.2 Å². The van der Waals surface area contributed by atoms with Gasteiger partial charge in [0.25, 0.3) is 0 Å². The van der Waals surface area contributed by atoms with Crippen molar-refractivity contribution in [2.45, 2.75) is 26.0 Å². The molecule has 1 rings (SSSR count). The number of hydrogen-bond donors (Lipinski definition) is 2. The van der Waals surface area contributed by atoms with Crippen LogP contribution in [0.2, 0.25) is 0 Å². The summed E-state index contributed by atoms with van der Waals surface area (Å²) in [5.41, 5.74) is 0. The van der Waals surface area contributed by atoms with Gasteiger partial charge in [-0.1, -0.05) is 13.8 Å². The Morgan fingerprint density at radius 2 is 2.06 bits per heavy atom. The van der Waals surface area contributed by atoms with Gasteiger partial charge in [-0.05, 0) is 12.1 Å². The molecule has 0 aliphatic heterocycles. The lowest BCUT2D eigenvalue weighted by atomic mass is 10.3. The van der Waals surface area contributed by atoms with Crippen molar-refractivity contribution in [2.24, 2.45) is 0 Å². The summed E-state index contributed by atoms with van der Waals surface area (Å²) in [7, 11) is 0. The molecule has 0 amide bonds. The van der Waals surface area contributed by atoms with Crippen molar-refractivity contribution in [3.05, 3.63) is 29.8 Å². The minimum atomic E-state index is -0.769. The van der Waals surface area contributed by atoms with Crippen LogP contribution in [-0.2, 0) is 0 Å². The van der Waals surface area contributed by atoms with Gasteiger partial charge in [-0.15, -0.1) is 0 Å². The van der Waals surface area contributed by atoms with Gasteiger partial charge in [0, 0.05) is 18.7 Å². The molecule has 0 aliphatic carbocycles. The smallest absolute Gasteiger partial charge is 0.167 e. The molecule has 0 radical (unpaired) electrons. The molecule has 2 N–H and O–H groups in total. The maximum Gasteiger partial charge on any atom is 0.167 e. The van der Waals surface area contributed by atoms with Gasteiger partial charge in [0.05, 0.1) is 0 Å². The first-order valence-electron chi connectivity index (χ1n) is 5.48. The van der Waals surface area contributed by atoms with Crippen molar-refractivity contribution in [1.29, 1.82) is 0 Å². The van der Waals surface area contributed by atoms with Gasteiger partial charge in [-0.2, -0.15) is 0 Å². The lowest BCUT2D eigenvalue weighted by molar-refractivity contribution is 0.102. The molecule has 0 saturated heterocycles. The maximum atomic E-state index is 13.2. The van der Waals surface area contributed by atoms with Gasteiger partial charge in [0.2, 0.25) is 0 Å². The van der Waals surface area contributed by atoms with Crippen LogP contribution in [0, 0.1) is 11.6 Å². The highest BCUT2D eigenvalue weighted by molar-refractivity contribution is 5.24. The van der Waals surface area contributed by atoms with Crippen molar-refractivity contribution < 1.29 is 18.6 Å². The van der Waals surface area contributed by atoms with E-state index in [1.807, 2.05) is 13.8 Å². The monoisotopic (exact) mass is 245 g/mol. The fourth-order valence-electron chi connectivity index (χ4n) is 1.21. The average molecular weight is 245 g/mol. The quantitative estimate of drug-likeness (QED) is 0.801. The van der Waals surface area contributed by atoms with Crippen molar-refractivity contribution >= 4 is 0 Å². The zero-order valence-corrected chi connectivity index (χ0v) is 9.91. The Bertz CT molecular complexity index is 358. The molecule has 96 valence electrons. The van der Waals surface area contributed by atoms with Gasteiger partial charge in [-0.3, -0.25) is 0 Å². The Kier molecular flexibility index (Phi) is 5.31. The highest BCUT2D eigenvalue weighted by Gasteiger charge is 2.09. The number of aliphatic hydroxyl groups excluding tert-OH is 1. The molecule has 5 heteroatoms. The summed E-state index contributed by atoms with van der Waals surface area (Å²) in [6.45, 7) is 4.23. The molecule has 17 heavy (non-hydrogen) atoms. The highest BCUT2D eigenvalue weighted by atomic mass is 19.1. The summed E-state index contributed by atoms with van der Waals surface area (Å²) in [5.74, 6) is -1.49. The zero-order chi connectivity index (χ0) is 12.8. The second-order valence-corrected chi connectivity index (χ2v) is 4.10. The summed E-state index contributed by atoms with van der Waals surface area (Å²) >= 11 is 0. The molecule has 1 unspecified atom stereocenters. The van der Waals surface area contributed by atoms with E-state index >= 15 is 0 Å². The Balaban J connectivity index is 2.39. The molecule has 0 bridgehead atoms. The molecular formula is C12H17F2NO2. The molecule has 3 nitrogen and oxygen atoms in total. The third-order valence-corrected chi connectivity index (χ3v) is 2.09. The summed E-state index contributed by atoms with van der Waals surface area (Å²) < 4.78 is 30.8. The summed E-state index contributed by atoms with van der Waals surface area (Å²) in [6.07, 6.45) is -0.734. The SMILES string of the molecule is CC(C)NCC(O)COc1ccc(F)cc1F. The Hall–Kier alpha value is -1.20. The molecule has 1 atom stereocenters. The third kappa shape index (κ3) is 5.10. The Morgan fingerprint density at radius 1 is 1.35 bits per heavy atom. The number of nitrogens with one attached hydrogen (secondary N) is 1. The van der Waals surface area contributed by atoms with Crippen molar-refractivity contribution in [3.8, 4) is 5.75 Å². The molecule has 1 aromatic carbocycles. The van der Waals surface area contributed by atoms with Crippen molar-refractivity contribution in [3.63, 3.8) is 0 Å². The van der Waals surface area contributed by atoms with E-state index in [0.717, 1.165) is 12.1 Å². The first-order chi connectivity index (χ1) is 7.99. The molecule has 0 spiro atoms. The van der Waals surface area contributed by atoms with Gasteiger partial charge in [0.1, 0.15) is 18.5 Å². The standard InChI is InChI=1S/C12H17F2NO2/c1-8(2)15-6-10(16)7-17-12-4-3-9(13)5-11(12)14/h3-5,8,10,15-16H,6-7H2,1-2H3. The van der Waals surface area contributed by atoms with Crippen LogP contribution in [0.4, 0.5) is 8.78 Å².